The van der Waals surface area contributed by atoms with Crippen LogP contribution < -0.4 is 10.9 Å². The van der Waals surface area contributed by atoms with Crippen molar-refractivity contribution in [3.05, 3.63) is 63.8 Å². The second-order valence-electron chi connectivity index (χ2n) is 6.15. The van der Waals surface area contributed by atoms with Gasteiger partial charge in [-0.3, -0.25) is 9.59 Å². The number of rotatable bonds is 5. The van der Waals surface area contributed by atoms with Gasteiger partial charge in [0.15, 0.2) is 0 Å². The molecule has 0 saturated heterocycles. The molecule has 0 radical (unpaired) electrons. The van der Waals surface area contributed by atoms with E-state index in [-0.39, 0.29) is 28.4 Å². The summed E-state index contributed by atoms with van der Waals surface area (Å²) in [5.41, 5.74) is 0.764. The number of nitrogens with one attached hydrogen (secondary N) is 2. The van der Waals surface area contributed by atoms with E-state index in [1.807, 2.05) is 6.07 Å². The number of H-pyrrole nitrogens is 1. The first-order valence-electron chi connectivity index (χ1n) is 7.65. The summed E-state index contributed by atoms with van der Waals surface area (Å²) in [5.74, 6) is -0.551. The Morgan fingerprint density at radius 2 is 2.13 bits per heavy atom. The van der Waals surface area contributed by atoms with Gasteiger partial charge in [-0.2, -0.15) is 5.10 Å². The van der Waals surface area contributed by atoms with Crippen molar-refractivity contribution >= 4 is 5.91 Å². The van der Waals surface area contributed by atoms with E-state index in [9.17, 15) is 14.0 Å². The molecule has 2 N–H and O–H groups in total. The van der Waals surface area contributed by atoms with Gasteiger partial charge in [0.2, 0.25) is 0 Å². The molecule has 1 aromatic carbocycles. The molecule has 6 heteroatoms. The Bertz CT molecular complexity index is 748. The molecule has 0 unspecified atom stereocenters. The van der Waals surface area contributed by atoms with Crippen LogP contribution in [0.4, 0.5) is 4.39 Å². The third kappa shape index (κ3) is 3.64. The van der Waals surface area contributed by atoms with Crippen LogP contribution in [0.15, 0.2) is 41.2 Å². The lowest BCUT2D eigenvalue weighted by Crippen LogP contribution is -2.44. The molecule has 1 aliphatic carbocycles. The van der Waals surface area contributed by atoms with Crippen molar-refractivity contribution in [2.75, 3.05) is 6.54 Å². The van der Waals surface area contributed by atoms with E-state index in [1.165, 1.54) is 18.2 Å². The molecule has 3 rings (SSSR count). The van der Waals surface area contributed by atoms with Crippen molar-refractivity contribution in [3.63, 3.8) is 0 Å². The zero-order chi connectivity index (χ0) is 16.3. The maximum absolute atomic E-state index is 13.3. The van der Waals surface area contributed by atoms with E-state index in [0.717, 1.165) is 31.2 Å². The minimum absolute atomic E-state index is 0.0222. The number of carbonyl (C=O) groups is 1. The third-order valence-electron chi connectivity index (χ3n) is 4.42. The van der Waals surface area contributed by atoms with Crippen LogP contribution in [-0.4, -0.2) is 22.6 Å². The van der Waals surface area contributed by atoms with E-state index < -0.39 is 0 Å². The number of aromatic amines is 1. The Kier molecular flexibility index (Phi) is 4.23. The predicted molar refractivity (Wildman–Crippen MR) is 83.6 cm³/mol. The summed E-state index contributed by atoms with van der Waals surface area (Å²) in [6.45, 7) is 0.517. The molecule has 0 spiro atoms. The molecule has 1 amide bonds. The summed E-state index contributed by atoms with van der Waals surface area (Å²) in [7, 11) is 0. The number of benzene rings is 1. The highest BCUT2D eigenvalue weighted by Gasteiger charge is 2.37. The van der Waals surface area contributed by atoms with Gasteiger partial charge >= 0.3 is 0 Å². The molecule has 0 bridgehead atoms. The van der Waals surface area contributed by atoms with Crippen molar-refractivity contribution in [2.24, 2.45) is 5.41 Å². The standard InChI is InChI=1S/C17H18FN3O2/c18-13-4-1-3-12(9-13)10-17(7-2-8-17)11-19-16(23)14-5-6-15(22)21-20-14/h1,3-6,9H,2,7-8,10-11H2,(H,19,23)(H,21,22). The highest BCUT2D eigenvalue weighted by molar-refractivity contribution is 5.91. The molecule has 1 aliphatic rings. The third-order valence-corrected chi connectivity index (χ3v) is 4.42. The number of aromatic nitrogens is 2. The maximum atomic E-state index is 13.3. The van der Waals surface area contributed by atoms with Gasteiger partial charge in [-0.1, -0.05) is 18.6 Å². The number of hydrogen-bond acceptors (Lipinski definition) is 3. The first kappa shape index (κ1) is 15.4. The zero-order valence-corrected chi connectivity index (χ0v) is 12.6. The van der Waals surface area contributed by atoms with Gasteiger partial charge in [0.1, 0.15) is 11.5 Å². The van der Waals surface area contributed by atoms with E-state index in [2.05, 4.69) is 15.5 Å². The van der Waals surface area contributed by atoms with Crippen LogP contribution in [0.1, 0.15) is 35.3 Å². The van der Waals surface area contributed by atoms with Gasteiger partial charge in [-0.25, -0.2) is 9.49 Å². The van der Waals surface area contributed by atoms with Crippen LogP contribution in [0.25, 0.3) is 0 Å². The molecule has 0 aliphatic heterocycles. The summed E-state index contributed by atoms with van der Waals surface area (Å²) >= 11 is 0. The van der Waals surface area contributed by atoms with Crippen LogP contribution in [0, 0.1) is 11.2 Å². The summed E-state index contributed by atoms with van der Waals surface area (Å²) in [6, 6.07) is 9.27. The summed E-state index contributed by atoms with van der Waals surface area (Å²) < 4.78 is 13.3. The van der Waals surface area contributed by atoms with E-state index >= 15 is 0 Å². The van der Waals surface area contributed by atoms with E-state index in [1.54, 1.807) is 12.1 Å². The predicted octanol–water partition coefficient (Wildman–Crippen LogP) is 2.05. The van der Waals surface area contributed by atoms with E-state index in [4.69, 9.17) is 0 Å². The van der Waals surface area contributed by atoms with Crippen molar-refractivity contribution < 1.29 is 9.18 Å². The molecule has 2 aromatic rings. The first-order chi connectivity index (χ1) is 11.1. The molecule has 1 saturated carbocycles. The van der Waals surface area contributed by atoms with Crippen molar-refractivity contribution in [1.29, 1.82) is 0 Å². The largest absolute Gasteiger partial charge is 0.350 e. The molecule has 0 atom stereocenters. The number of nitrogens with zero attached hydrogens (tertiary/aromatic N) is 1. The fourth-order valence-electron chi connectivity index (χ4n) is 3.00. The average molecular weight is 315 g/mol. The maximum Gasteiger partial charge on any atom is 0.271 e. The summed E-state index contributed by atoms with van der Waals surface area (Å²) in [4.78, 5) is 23.1. The fourth-order valence-corrected chi connectivity index (χ4v) is 3.00. The van der Waals surface area contributed by atoms with Crippen LogP contribution >= 0.6 is 0 Å². The Balaban J connectivity index is 1.64. The summed E-state index contributed by atoms with van der Waals surface area (Å²) in [5, 5.41) is 8.84. The highest BCUT2D eigenvalue weighted by Crippen LogP contribution is 2.43. The van der Waals surface area contributed by atoms with Crippen LogP contribution in [-0.2, 0) is 6.42 Å². The first-order valence-corrected chi connectivity index (χ1v) is 7.65. The molecular formula is C17H18FN3O2. The second-order valence-corrected chi connectivity index (χ2v) is 6.15. The van der Waals surface area contributed by atoms with Crippen molar-refractivity contribution in [3.8, 4) is 0 Å². The Morgan fingerprint density at radius 3 is 2.74 bits per heavy atom. The number of halogens is 1. The molecule has 23 heavy (non-hydrogen) atoms. The minimum Gasteiger partial charge on any atom is -0.350 e. The molecule has 5 nitrogen and oxygen atoms in total. The smallest absolute Gasteiger partial charge is 0.271 e. The van der Waals surface area contributed by atoms with Gasteiger partial charge in [0.05, 0.1) is 0 Å². The number of hydrogen-bond donors (Lipinski definition) is 2. The van der Waals surface area contributed by atoms with Crippen molar-refractivity contribution in [2.45, 2.75) is 25.7 Å². The lowest BCUT2D eigenvalue weighted by Gasteiger charge is -2.42. The minimum atomic E-state index is -0.344. The lowest BCUT2D eigenvalue weighted by molar-refractivity contribution is 0.0854. The van der Waals surface area contributed by atoms with Crippen molar-refractivity contribution in [1.82, 2.24) is 15.5 Å². The monoisotopic (exact) mass is 315 g/mol. The van der Waals surface area contributed by atoms with Gasteiger partial charge in [-0.05, 0) is 48.4 Å². The van der Waals surface area contributed by atoms with Crippen LogP contribution in [0.3, 0.4) is 0 Å². The van der Waals surface area contributed by atoms with Gasteiger partial charge in [0.25, 0.3) is 11.5 Å². The topological polar surface area (TPSA) is 74.8 Å². The lowest BCUT2D eigenvalue weighted by atomic mass is 9.65. The number of carbonyl (C=O) groups excluding carboxylic acids is 1. The Labute approximate surface area is 132 Å². The highest BCUT2D eigenvalue weighted by atomic mass is 19.1. The zero-order valence-electron chi connectivity index (χ0n) is 12.6. The molecule has 1 heterocycles. The van der Waals surface area contributed by atoms with Gasteiger partial charge in [-0.15, -0.1) is 0 Å². The average Bonchev–Trinajstić information content (AvgIpc) is 2.50. The molecule has 1 fully saturated rings. The summed E-state index contributed by atoms with van der Waals surface area (Å²) in [6.07, 6.45) is 3.86. The van der Waals surface area contributed by atoms with Crippen LogP contribution in [0.5, 0.6) is 0 Å². The van der Waals surface area contributed by atoms with Gasteiger partial charge in [0, 0.05) is 12.6 Å². The Hall–Kier alpha value is -2.50. The Morgan fingerprint density at radius 1 is 1.30 bits per heavy atom. The van der Waals surface area contributed by atoms with E-state index in [0.29, 0.717) is 6.54 Å². The molecule has 1 aromatic heterocycles. The quantitative estimate of drug-likeness (QED) is 0.887. The van der Waals surface area contributed by atoms with Crippen LogP contribution in [0.2, 0.25) is 0 Å². The second kappa shape index (κ2) is 6.32. The fraction of sp³-hybridized carbons (Fsp3) is 0.353. The molecular weight excluding hydrogens is 297 g/mol. The van der Waals surface area contributed by atoms with Gasteiger partial charge < -0.3 is 5.32 Å². The normalized spacial score (nSPS) is 15.7. The molecule has 120 valence electrons. The SMILES string of the molecule is O=C(NCC1(Cc2cccc(F)c2)CCC1)c1ccc(=O)[nH]n1. The number of amides is 1.